The van der Waals surface area contributed by atoms with Crippen LogP contribution < -0.4 is 4.72 Å². The van der Waals surface area contributed by atoms with Gasteiger partial charge in [0.15, 0.2) is 0 Å². The zero-order valence-electron chi connectivity index (χ0n) is 13.5. The van der Waals surface area contributed by atoms with Crippen LogP contribution in [-0.4, -0.2) is 34.2 Å². The van der Waals surface area contributed by atoms with Gasteiger partial charge < -0.3 is 0 Å². The summed E-state index contributed by atoms with van der Waals surface area (Å²) in [4.78, 5) is -0.0108. The Hall–Kier alpha value is -1.32. The van der Waals surface area contributed by atoms with Crippen LogP contribution in [0, 0.1) is 0 Å². The zero-order chi connectivity index (χ0) is 18.9. The molecule has 3 rings (SSSR count). The lowest BCUT2D eigenvalue weighted by Crippen LogP contribution is -2.28. The van der Waals surface area contributed by atoms with Gasteiger partial charge in [-0.15, -0.1) is 0 Å². The van der Waals surface area contributed by atoms with E-state index in [1.165, 1.54) is 46.8 Å². The predicted molar refractivity (Wildman–Crippen MR) is 102 cm³/mol. The van der Waals surface area contributed by atoms with Gasteiger partial charge in [-0.25, -0.2) is 16.8 Å². The molecule has 1 N–H and O–H groups in total. The van der Waals surface area contributed by atoms with E-state index in [4.69, 9.17) is 23.2 Å². The first-order valence-electron chi connectivity index (χ1n) is 7.78. The van der Waals surface area contributed by atoms with Gasteiger partial charge in [-0.1, -0.05) is 23.2 Å². The second-order valence-corrected chi connectivity index (χ2v) is 10.3. The van der Waals surface area contributed by atoms with Crippen molar-refractivity contribution in [1.29, 1.82) is 0 Å². The van der Waals surface area contributed by atoms with Crippen molar-refractivity contribution in [2.45, 2.75) is 22.6 Å². The normalized spacial score (nSPS) is 15.9. The Balaban J connectivity index is 1.94. The first kappa shape index (κ1) is 19.4. The van der Waals surface area contributed by atoms with E-state index in [0.717, 1.165) is 12.8 Å². The molecule has 0 aromatic heterocycles. The van der Waals surface area contributed by atoms with Crippen LogP contribution >= 0.6 is 23.2 Å². The molecule has 1 heterocycles. The Morgan fingerprint density at radius 3 is 2.04 bits per heavy atom. The highest BCUT2D eigenvalue weighted by Crippen LogP contribution is 2.30. The second kappa shape index (κ2) is 7.36. The molecule has 140 valence electrons. The Bertz CT molecular complexity index is 1020. The molecular formula is C16H16Cl2N2O4S2. The van der Waals surface area contributed by atoms with Crippen molar-refractivity contribution in [2.75, 3.05) is 17.8 Å². The molecule has 0 aliphatic carbocycles. The van der Waals surface area contributed by atoms with Crippen molar-refractivity contribution >= 4 is 48.9 Å². The number of benzene rings is 2. The van der Waals surface area contributed by atoms with Crippen molar-refractivity contribution in [3.05, 3.63) is 52.5 Å². The number of rotatable bonds is 5. The number of anilines is 1. The summed E-state index contributed by atoms with van der Waals surface area (Å²) in [5.74, 6) is 0. The summed E-state index contributed by atoms with van der Waals surface area (Å²) in [7, 11) is -7.62. The maximum Gasteiger partial charge on any atom is 0.261 e. The Morgan fingerprint density at radius 2 is 1.42 bits per heavy atom. The molecule has 2 aromatic rings. The second-order valence-electron chi connectivity index (χ2n) is 5.81. The number of sulfonamides is 2. The molecule has 1 saturated heterocycles. The molecule has 0 spiro atoms. The summed E-state index contributed by atoms with van der Waals surface area (Å²) >= 11 is 11.8. The largest absolute Gasteiger partial charge is 0.278 e. The van der Waals surface area contributed by atoms with Gasteiger partial charge in [0.1, 0.15) is 0 Å². The molecule has 0 amide bonds. The lowest BCUT2D eigenvalue weighted by atomic mass is 10.3. The fourth-order valence-corrected chi connectivity index (χ4v) is 5.60. The lowest BCUT2D eigenvalue weighted by Gasteiger charge is -2.17. The zero-order valence-corrected chi connectivity index (χ0v) is 16.7. The van der Waals surface area contributed by atoms with Gasteiger partial charge in [0.05, 0.1) is 20.5 Å². The van der Waals surface area contributed by atoms with Gasteiger partial charge in [0, 0.05) is 18.1 Å². The van der Waals surface area contributed by atoms with Crippen molar-refractivity contribution < 1.29 is 16.8 Å². The molecule has 1 aliphatic rings. The maximum atomic E-state index is 12.7. The summed E-state index contributed by atoms with van der Waals surface area (Å²) in [6.07, 6.45) is 1.62. The van der Waals surface area contributed by atoms with E-state index < -0.39 is 20.0 Å². The van der Waals surface area contributed by atoms with Crippen molar-refractivity contribution in [3.8, 4) is 0 Å². The number of hydrogen-bond donors (Lipinski definition) is 1. The topological polar surface area (TPSA) is 83.5 Å². The van der Waals surface area contributed by atoms with Crippen LogP contribution in [0.4, 0.5) is 5.69 Å². The van der Waals surface area contributed by atoms with E-state index in [0.29, 0.717) is 18.1 Å². The molecule has 1 aliphatic heterocycles. The number of nitrogens with zero attached hydrogens (tertiary/aromatic N) is 1. The fraction of sp³-hybridized carbons (Fsp3) is 0.250. The first-order chi connectivity index (χ1) is 12.2. The molecular weight excluding hydrogens is 419 g/mol. The highest BCUT2D eigenvalue weighted by atomic mass is 35.5. The van der Waals surface area contributed by atoms with E-state index >= 15 is 0 Å². The molecule has 0 unspecified atom stereocenters. The summed E-state index contributed by atoms with van der Waals surface area (Å²) in [5.41, 5.74) is 0.00175. The first-order valence-corrected chi connectivity index (χ1v) is 11.5. The summed E-state index contributed by atoms with van der Waals surface area (Å²) in [5, 5.41) is 0.503. The average Bonchev–Trinajstić information content (AvgIpc) is 3.12. The predicted octanol–water partition coefficient (Wildman–Crippen LogP) is 3.58. The Kier molecular flexibility index (Phi) is 5.50. The fourth-order valence-electron chi connectivity index (χ4n) is 2.64. The highest BCUT2D eigenvalue weighted by molar-refractivity contribution is 7.92. The quantitative estimate of drug-likeness (QED) is 0.778. The van der Waals surface area contributed by atoms with E-state index in [2.05, 4.69) is 4.72 Å². The Morgan fingerprint density at radius 1 is 0.846 bits per heavy atom. The van der Waals surface area contributed by atoms with Crippen LogP contribution in [0.1, 0.15) is 12.8 Å². The molecule has 1 fully saturated rings. The monoisotopic (exact) mass is 434 g/mol. The van der Waals surface area contributed by atoms with Crippen LogP contribution in [0.25, 0.3) is 0 Å². The van der Waals surface area contributed by atoms with Gasteiger partial charge in [-0.2, -0.15) is 4.31 Å². The molecule has 6 nitrogen and oxygen atoms in total. The third-order valence-electron chi connectivity index (χ3n) is 4.01. The average molecular weight is 435 g/mol. The molecule has 0 radical (unpaired) electrons. The van der Waals surface area contributed by atoms with E-state index in [9.17, 15) is 16.8 Å². The van der Waals surface area contributed by atoms with Crippen LogP contribution in [0.2, 0.25) is 10.0 Å². The van der Waals surface area contributed by atoms with Gasteiger partial charge in [0.2, 0.25) is 10.0 Å². The minimum atomic E-state index is -3.94. The minimum Gasteiger partial charge on any atom is -0.278 e. The summed E-state index contributed by atoms with van der Waals surface area (Å²) < 4.78 is 54.1. The van der Waals surface area contributed by atoms with Crippen LogP contribution in [0.3, 0.4) is 0 Å². The molecule has 10 heteroatoms. The Labute approximate surface area is 162 Å². The van der Waals surface area contributed by atoms with Crippen molar-refractivity contribution in [1.82, 2.24) is 4.31 Å². The molecule has 0 saturated carbocycles. The van der Waals surface area contributed by atoms with Gasteiger partial charge in [-0.3, -0.25) is 4.72 Å². The molecule has 0 atom stereocenters. The number of halogens is 2. The van der Waals surface area contributed by atoms with Crippen molar-refractivity contribution in [3.63, 3.8) is 0 Å². The van der Waals surface area contributed by atoms with E-state index in [1.807, 2.05) is 0 Å². The van der Waals surface area contributed by atoms with E-state index in [-0.39, 0.29) is 20.5 Å². The van der Waals surface area contributed by atoms with Crippen molar-refractivity contribution in [2.24, 2.45) is 0 Å². The summed E-state index contributed by atoms with van der Waals surface area (Å²) in [6, 6.07) is 9.58. The third-order valence-corrected chi connectivity index (χ3v) is 7.87. The summed E-state index contributed by atoms with van der Waals surface area (Å²) in [6.45, 7) is 0.910. The standard InChI is InChI=1S/C16H16Cl2N2O4S2/c17-12-3-5-13(6-4-12)25(21,22)19-16-11-14(7-8-15(16)18)26(23,24)20-9-1-2-10-20/h3-8,11,19H,1-2,9-10H2. The van der Waals surface area contributed by atoms with Crippen LogP contribution in [0.5, 0.6) is 0 Å². The maximum absolute atomic E-state index is 12.7. The van der Waals surface area contributed by atoms with Crippen LogP contribution in [0.15, 0.2) is 52.3 Å². The smallest absolute Gasteiger partial charge is 0.261 e. The highest BCUT2D eigenvalue weighted by Gasteiger charge is 2.28. The molecule has 0 bridgehead atoms. The van der Waals surface area contributed by atoms with Crippen LogP contribution in [-0.2, 0) is 20.0 Å². The van der Waals surface area contributed by atoms with Gasteiger partial charge in [-0.05, 0) is 55.3 Å². The minimum absolute atomic E-state index is 0.00175. The van der Waals surface area contributed by atoms with Gasteiger partial charge in [0.25, 0.3) is 10.0 Å². The number of nitrogens with one attached hydrogen (secondary N) is 1. The SMILES string of the molecule is O=S(=O)(Nc1cc(S(=O)(=O)N2CCCC2)ccc1Cl)c1ccc(Cl)cc1. The molecule has 26 heavy (non-hydrogen) atoms. The number of hydrogen-bond acceptors (Lipinski definition) is 4. The molecule has 2 aromatic carbocycles. The lowest BCUT2D eigenvalue weighted by molar-refractivity contribution is 0.477. The third kappa shape index (κ3) is 3.99. The van der Waals surface area contributed by atoms with E-state index in [1.54, 1.807) is 0 Å². The van der Waals surface area contributed by atoms with Gasteiger partial charge >= 0.3 is 0 Å².